The van der Waals surface area contributed by atoms with Gasteiger partial charge in [-0.3, -0.25) is 4.79 Å². The van der Waals surface area contributed by atoms with E-state index in [0.717, 1.165) is 0 Å². The van der Waals surface area contributed by atoms with Crippen molar-refractivity contribution < 1.29 is 14.7 Å². The zero-order chi connectivity index (χ0) is 15.6. The van der Waals surface area contributed by atoms with Gasteiger partial charge in [0.15, 0.2) is 0 Å². The summed E-state index contributed by atoms with van der Waals surface area (Å²) < 4.78 is 0.644. The van der Waals surface area contributed by atoms with Gasteiger partial charge in [0.2, 0.25) is 0 Å². The Labute approximate surface area is 135 Å². The molecule has 0 fully saturated rings. The van der Waals surface area contributed by atoms with E-state index < -0.39 is 5.97 Å². The Bertz CT molecular complexity index is 701. The monoisotopic (exact) mass is 367 g/mol. The van der Waals surface area contributed by atoms with Crippen LogP contribution in [0, 0.1) is 0 Å². The summed E-state index contributed by atoms with van der Waals surface area (Å²) in [7, 11) is 1.62. The molecule has 0 aliphatic heterocycles. The molecule has 0 bridgehead atoms. The van der Waals surface area contributed by atoms with Crippen LogP contribution in [-0.4, -0.2) is 24.0 Å². The van der Waals surface area contributed by atoms with E-state index in [1.807, 2.05) is 0 Å². The molecule has 0 saturated carbocycles. The molecule has 1 N–H and O–H groups in total. The molecule has 0 aliphatic carbocycles. The van der Waals surface area contributed by atoms with Gasteiger partial charge in [0.25, 0.3) is 5.91 Å². The smallest absolute Gasteiger partial charge is 0.335 e. The topological polar surface area (TPSA) is 57.6 Å². The molecule has 0 saturated heterocycles. The summed E-state index contributed by atoms with van der Waals surface area (Å²) in [4.78, 5) is 24.7. The maximum absolute atomic E-state index is 12.5. The van der Waals surface area contributed by atoms with E-state index in [9.17, 15) is 9.59 Å². The molecular weight excluding hydrogens is 358 g/mol. The summed E-state index contributed by atoms with van der Waals surface area (Å²) in [5, 5.41) is 9.34. The number of nitrogens with zero attached hydrogens (tertiary/aromatic N) is 1. The van der Waals surface area contributed by atoms with E-state index in [1.54, 1.807) is 37.4 Å². The predicted octanol–water partition coefficient (Wildman–Crippen LogP) is 4.08. The number of carboxylic acids is 1. The highest BCUT2D eigenvalue weighted by molar-refractivity contribution is 9.10. The molecule has 4 nitrogen and oxygen atoms in total. The van der Waals surface area contributed by atoms with Gasteiger partial charge in [-0.25, -0.2) is 4.79 Å². The highest BCUT2D eigenvalue weighted by atomic mass is 79.9. The lowest BCUT2D eigenvalue weighted by Crippen LogP contribution is -2.26. The third kappa shape index (κ3) is 3.43. The van der Waals surface area contributed by atoms with Crippen molar-refractivity contribution in [3.05, 3.63) is 63.1 Å². The minimum Gasteiger partial charge on any atom is -0.478 e. The molecule has 2 aromatic rings. The van der Waals surface area contributed by atoms with Crippen LogP contribution in [0.5, 0.6) is 0 Å². The molecule has 0 radical (unpaired) electrons. The summed E-state index contributed by atoms with van der Waals surface area (Å²) >= 11 is 9.23. The number of carbonyl (C=O) groups excluding carboxylic acids is 1. The highest BCUT2D eigenvalue weighted by Gasteiger charge is 2.17. The van der Waals surface area contributed by atoms with Gasteiger partial charge < -0.3 is 10.0 Å². The Morgan fingerprint density at radius 3 is 2.33 bits per heavy atom. The molecule has 0 heterocycles. The van der Waals surface area contributed by atoms with Crippen molar-refractivity contribution in [3.8, 4) is 0 Å². The van der Waals surface area contributed by atoms with E-state index in [4.69, 9.17) is 16.7 Å². The van der Waals surface area contributed by atoms with Gasteiger partial charge in [-0.15, -0.1) is 0 Å². The van der Waals surface area contributed by atoms with Crippen LogP contribution in [-0.2, 0) is 0 Å². The Balaban J connectivity index is 2.30. The van der Waals surface area contributed by atoms with Crippen LogP contribution < -0.4 is 4.90 Å². The molecular formula is C15H11BrClNO3. The molecule has 1 amide bonds. The number of benzene rings is 2. The average Bonchev–Trinajstić information content (AvgIpc) is 2.48. The maximum Gasteiger partial charge on any atom is 0.335 e. The Kier molecular flexibility index (Phi) is 4.65. The number of rotatable bonds is 3. The van der Waals surface area contributed by atoms with Crippen LogP contribution in [0.2, 0.25) is 5.02 Å². The zero-order valence-corrected chi connectivity index (χ0v) is 13.4. The number of hydrogen-bond donors (Lipinski definition) is 1. The van der Waals surface area contributed by atoms with Crippen LogP contribution in [0.25, 0.3) is 0 Å². The highest BCUT2D eigenvalue weighted by Crippen LogP contribution is 2.24. The predicted molar refractivity (Wildman–Crippen MR) is 85.3 cm³/mol. The lowest BCUT2D eigenvalue weighted by molar-refractivity contribution is 0.0696. The molecule has 108 valence electrons. The van der Waals surface area contributed by atoms with E-state index in [2.05, 4.69) is 15.9 Å². The van der Waals surface area contributed by atoms with Crippen molar-refractivity contribution in [1.82, 2.24) is 0 Å². The molecule has 0 aliphatic rings. The van der Waals surface area contributed by atoms with E-state index in [0.29, 0.717) is 20.7 Å². The Hall–Kier alpha value is -1.85. The van der Waals surface area contributed by atoms with Crippen LogP contribution in [0.1, 0.15) is 20.7 Å². The van der Waals surface area contributed by atoms with Crippen LogP contribution >= 0.6 is 27.5 Å². The molecule has 0 unspecified atom stereocenters. The normalized spacial score (nSPS) is 10.2. The van der Waals surface area contributed by atoms with Crippen LogP contribution in [0.4, 0.5) is 5.69 Å². The number of carbonyl (C=O) groups is 2. The second-order valence-electron chi connectivity index (χ2n) is 4.34. The van der Waals surface area contributed by atoms with Gasteiger partial charge in [-0.05, 0) is 58.4 Å². The first kappa shape index (κ1) is 15.5. The minimum atomic E-state index is -1.01. The quantitative estimate of drug-likeness (QED) is 0.888. The average molecular weight is 369 g/mol. The van der Waals surface area contributed by atoms with Crippen LogP contribution in [0.3, 0.4) is 0 Å². The number of hydrogen-bond acceptors (Lipinski definition) is 2. The summed E-state index contributed by atoms with van der Waals surface area (Å²) in [5.74, 6) is -1.25. The number of halogens is 2. The molecule has 0 aromatic heterocycles. The lowest BCUT2D eigenvalue weighted by Gasteiger charge is -2.18. The van der Waals surface area contributed by atoms with Gasteiger partial charge in [0, 0.05) is 22.2 Å². The number of anilines is 1. The second-order valence-corrected chi connectivity index (χ2v) is 5.63. The Morgan fingerprint density at radius 1 is 1.14 bits per heavy atom. The van der Waals surface area contributed by atoms with Gasteiger partial charge in [-0.1, -0.05) is 11.6 Å². The van der Waals surface area contributed by atoms with Gasteiger partial charge in [-0.2, -0.15) is 0 Å². The molecule has 0 spiro atoms. The fraction of sp³-hybridized carbons (Fsp3) is 0.0667. The Morgan fingerprint density at radius 2 is 1.76 bits per heavy atom. The SMILES string of the molecule is CN(C(=O)c1cc(Cl)ccc1Br)c1ccc(C(=O)O)cc1. The van der Waals surface area contributed by atoms with Crippen molar-refractivity contribution in [2.75, 3.05) is 11.9 Å². The van der Waals surface area contributed by atoms with Crippen molar-refractivity contribution in [3.63, 3.8) is 0 Å². The largest absolute Gasteiger partial charge is 0.478 e. The van der Waals surface area contributed by atoms with E-state index in [-0.39, 0.29) is 11.5 Å². The zero-order valence-electron chi connectivity index (χ0n) is 11.0. The van der Waals surface area contributed by atoms with E-state index >= 15 is 0 Å². The number of amides is 1. The number of aromatic carboxylic acids is 1. The first-order valence-corrected chi connectivity index (χ1v) is 7.13. The number of carboxylic acid groups (broad SMARTS) is 1. The third-order valence-corrected chi connectivity index (χ3v) is 3.89. The van der Waals surface area contributed by atoms with Gasteiger partial charge >= 0.3 is 5.97 Å². The molecule has 2 aromatic carbocycles. The van der Waals surface area contributed by atoms with Crippen molar-refractivity contribution in [2.24, 2.45) is 0 Å². The maximum atomic E-state index is 12.5. The lowest BCUT2D eigenvalue weighted by atomic mass is 10.1. The first-order chi connectivity index (χ1) is 9.90. The molecule has 2 rings (SSSR count). The van der Waals surface area contributed by atoms with E-state index in [1.165, 1.54) is 17.0 Å². The minimum absolute atomic E-state index is 0.170. The van der Waals surface area contributed by atoms with Crippen molar-refractivity contribution >= 4 is 45.1 Å². The van der Waals surface area contributed by atoms with Gasteiger partial charge in [0.05, 0.1) is 11.1 Å². The van der Waals surface area contributed by atoms with Crippen molar-refractivity contribution in [2.45, 2.75) is 0 Å². The van der Waals surface area contributed by atoms with Crippen molar-refractivity contribution in [1.29, 1.82) is 0 Å². The van der Waals surface area contributed by atoms with Crippen LogP contribution in [0.15, 0.2) is 46.9 Å². The molecule has 21 heavy (non-hydrogen) atoms. The van der Waals surface area contributed by atoms with Gasteiger partial charge in [0.1, 0.15) is 0 Å². The molecule has 0 atom stereocenters. The second kappa shape index (κ2) is 6.28. The summed E-state index contributed by atoms with van der Waals surface area (Å²) in [6.45, 7) is 0. The third-order valence-electron chi connectivity index (χ3n) is 2.97. The standard InChI is InChI=1S/C15H11BrClNO3/c1-18(11-5-2-9(3-6-11)15(20)21)14(19)12-8-10(17)4-7-13(12)16/h2-8H,1H3,(H,20,21). The fourth-order valence-electron chi connectivity index (χ4n) is 1.79. The summed E-state index contributed by atoms with van der Waals surface area (Å²) in [6, 6.07) is 11.0. The fourth-order valence-corrected chi connectivity index (χ4v) is 2.38. The summed E-state index contributed by atoms with van der Waals surface area (Å²) in [5.41, 5.74) is 1.20. The molecule has 6 heteroatoms. The summed E-state index contributed by atoms with van der Waals surface area (Å²) in [6.07, 6.45) is 0. The first-order valence-electron chi connectivity index (χ1n) is 5.96.